The van der Waals surface area contributed by atoms with Crippen molar-refractivity contribution in [2.75, 3.05) is 6.54 Å². The number of hydrogen-bond acceptors (Lipinski definition) is 1. The van der Waals surface area contributed by atoms with Crippen LogP contribution in [0.4, 0.5) is 13.2 Å². The van der Waals surface area contributed by atoms with Crippen LogP contribution in [0.1, 0.15) is 19.8 Å². The molecule has 0 aromatic carbocycles. The van der Waals surface area contributed by atoms with Crippen LogP contribution in [-0.2, 0) is 0 Å². The van der Waals surface area contributed by atoms with Crippen LogP contribution in [0.5, 0.6) is 0 Å². The quantitative estimate of drug-likeness (QED) is 0.650. The zero-order valence-corrected chi connectivity index (χ0v) is 6.91. The molecule has 1 N–H and O–H groups in total. The molecular formula is C8H12F3N. The Morgan fingerprint density at radius 2 is 2.08 bits per heavy atom. The van der Waals surface area contributed by atoms with Crippen molar-refractivity contribution in [2.45, 2.75) is 32.0 Å². The first-order valence-corrected chi connectivity index (χ1v) is 3.76. The van der Waals surface area contributed by atoms with Crippen LogP contribution in [0.3, 0.4) is 0 Å². The van der Waals surface area contributed by atoms with Gasteiger partial charge in [0.1, 0.15) is 0 Å². The van der Waals surface area contributed by atoms with Gasteiger partial charge in [0, 0.05) is 6.42 Å². The summed E-state index contributed by atoms with van der Waals surface area (Å²) in [4.78, 5) is 0. The highest BCUT2D eigenvalue weighted by molar-refractivity contribution is 4.98. The number of hydrogen-bond donors (Lipinski definition) is 1. The Balaban J connectivity index is 3.67. The van der Waals surface area contributed by atoms with Gasteiger partial charge in [-0.2, -0.15) is 13.2 Å². The van der Waals surface area contributed by atoms with Crippen molar-refractivity contribution in [1.82, 2.24) is 5.32 Å². The fraction of sp³-hybridized carbons (Fsp3) is 0.750. The zero-order valence-electron chi connectivity index (χ0n) is 6.91. The summed E-state index contributed by atoms with van der Waals surface area (Å²) < 4.78 is 35.1. The number of nitrogens with one attached hydrogen (secondary N) is 1. The predicted molar refractivity (Wildman–Crippen MR) is 41.6 cm³/mol. The molecule has 0 aliphatic heterocycles. The molecule has 0 rings (SSSR count). The van der Waals surface area contributed by atoms with Crippen LogP contribution >= 0.6 is 0 Å². The third kappa shape index (κ3) is 6.05. The van der Waals surface area contributed by atoms with Gasteiger partial charge in [0.05, 0.1) is 6.04 Å². The predicted octanol–water partition coefficient (Wildman–Crippen LogP) is 1.94. The van der Waals surface area contributed by atoms with E-state index >= 15 is 0 Å². The molecule has 0 saturated carbocycles. The largest absolute Gasteiger partial charge is 0.389 e. The smallest absolute Gasteiger partial charge is 0.304 e. The van der Waals surface area contributed by atoms with Gasteiger partial charge in [-0.05, 0) is 13.0 Å². The van der Waals surface area contributed by atoms with Crippen molar-refractivity contribution in [1.29, 1.82) is 0 Å². The van der Waals surface area contributed by atoms with Crippen LogP contribution in [0.2, 0.25) is 0 Å². The lowest BCUT2D eigenvalue weighted by atomic mass is 10.1. The fourth-order valence-electron chi connectivity index (χ4n) is 0.799. The van der Waals surface area contributed by atoms with Crippen LogP contribution in [0, 0.1) is 12.3 Å². The van der Waals surface area contributed by atoms with Gasteiger partial charge in [-0.25, -0.2) is 0 Å². The minimum Gasteiger partial charge on any atom is -0.304 e. The van der Waals surface area contributed by atoms with Gasteiger partial charge in [-0.1, -0.05) is 12.8 Å². The second kappa shape index (κ2) is 5.04. The molecule has 0 radical (unpaired) electrons. The summed E-state index contributed by atoms with van der Waals surface area (Å²) in [7, 11) is 0. The molecule has 0 aromatic rings. The minimum absolute atomic E-state index is 0.0478. The summed E-state index contributed by atoms with van der Waals surface area (Å²) in [6, 6.07) is -0.461. The fourth-order valence-corrected chi connectivity index (χ4v) is 0.799. The molecule has 0 amide bonds. The summed E-state index contributed by atoms with van der Waals surface area (Å²) in [6.07, 6.45) is 0.0294. The van der Waals surface area contributed by atoms with E-state index in [1.165, 1.54) is 0 Å². The summed E-state index contributed by atoms with van der Waals surface area (Å²) in [5.41, 5.74) is 0. The number of halogens is 3. The van der Waals surface area contributed by atoms with Crippen molar-refractivity contribution in [3.8, 4) is 12.3 Å². The van der Waals surface area contributed by atoms with E-state index in [0.717, 1.165) is 0 Å². The molecule has 0 bridgehead atoms. The number of alkyl halides is 3. The highest BCUT2D eigenvalue weighted by Gasteiger charge is 2.27. The lowest BCUT2D eigenvalue weighted by molar-refractivity contribution is -0.136. The van der Waals surface area contributed by atoms with Crippen molar-refractivity contribution < 1.29 is 13.2 Å². The van der Waals surface area contributed by atoms with Gasteiger partial charge in [-0.15, -0.1) is 6.42 Å². The maximum absolute atomic E-state index is 11.7. The topological polar surface area (TPSA) is 12.0 Å². The van der Waals surface area contributed by atoms with Crippen molar-refractivity contribution in [3.63, 3.8) is 0 Å². The summed E-state index contributed by atoms with van der Waals surface area (Å²) in [5.74, 6) is 2.26. The van der Waals surface area contributed by atoms with E-state index in [-0.39, 0.29) is 6.42 Å². The maximum Gasteiger partial charge on any atom is 0.389 e. The molecule has 1 atom stereocenters. The molecule has 0 fully saturated rings. The van der Waals surface area contributed by atoms with E-state index < -0.39 is 18.6 Å². The molecule has 0 aromatic heterocycles. The molecule has 0 aliphatic carbocycles. The van der Waals surface area contributed by atoms with Gasteiger partial charge in [0.2, 0.25) is 0 Å². The normalized spacial score (nSPS) is 13.9. The monoisotopic (exact) mass is 179 g/mol. The molecule has 0 spiro atoms. The first-order chi connectivity index (χ1) is 5.49. The second-order valence-corrected chi connectivity index (χ2v) is 2.43. The van der Waals surface area contributed by atoms with Crippen LogP contribution in [0.15, 0.2) is 0 Å². The third-order valence-electron chi connectivity index (χ3n) is 1.37. The molecule has 4 heteroatoms. The Morgan fingerprint density at radius 3 is 2.42 bits per heavy atom. The average Bonchev–Trinajstić information content (AvgIpc) is 1.96. The van der Waals surface area contributed by atoms with Gasteiger partial charge in [-0.3, -0.25) is 0 Å². The third-order valence-corrected chi connectivity index (χ3v) is 1.37. The molecule has 12 heavy (non-hydrogen) atoms. The number of rotatable bonds is 4. The standard InChI is InChI=1S/C8H12F3N/c1-3-7(12-4-2)5-6-8(9,10)11/h1,7,12H,4-6H2,2H3. The summed E-state index contributed by atoms with van der Waals surface area (Å²) in [6.45, 7) is 2.39. The lowest BCUT2D eigenvalue weighted by Crippen LogP contribution is -2.28. The summed E-state index contributed by atoms with van der Waals surface area (Å²) in [5, 5.41) is 2.77. The zero-order chi connectivity index (χ0) is 9.61. The van der Waals surface area contributed by atoms with E-state index in [9.17, 15) is 13.2 Å². The Bertz CT molecular complexity index is 157. The van der Waals surface area contributed by atoms with E-state index in [0.29, 0.717) is 6.54 Å². The SMILES string of the molecule is C#CC(CCC(F)(F)F)NCC. The van der Waals surface area contributed by atoms with E-state index in [1.807, 2.05) is 0 Å². The Kier molecular flexibility index (Phi) is 4.75. The molecule has 0 heterocycles. The molecular weight excluding hydrogens is 167 g/mol. The highest BCUT2D eigenvalue weighted by atomic mass is 19.4. The Hall–Kier alpha value is -0.690. The molecule has 1 nitrogen and oxygen atoms in total. The summed E-state index contributed by atoms with van der Waals surface area (Å²) >= 11 is 0. The van der Waals surface area contributed by atoms with Crippen molar-refractivity contribution in [3.05, 3.63) is 0 Å². The first-order valence-electron chi connectivity index (χ1n) is 3.76. The van der Waals surface area contributed by atoms with E-state index in [2.05, 4.69) is 11.2 Å². The minimum atomic E-state index is -4.11. The van der Waals surface area contributed by atoms with Crippen molar-refractivity contribution >= 4 is 0 Å². The Morgan fingerprint density at radius 1 is 1.50 bits per heavy atom. The lowest BCUT2D eigenvalue weighted by Gasteiger charge is -2.12. The average molecular weight is 179 g/mol. The molecule has 70 valence electrons. The molecule has 1 unspecified atom stereocenters. The van der Waals surface area contributed by atoms with Crippen LogP contribution in [-0.4, -0.2) is 18.8 Å². The van der Waals surface area contributed by atoms with Gasteiger partial charge in [0.25, 0.3) is 0 Å². The second-order valence-electron chi connectivity index (χ2n) is 2.43. The van der Waals surface area contributed by atoms with Gasteiger partial charge < -0.3 is 5.32 Å². The van der Waals surface area contributed by atoms with E-state index in [4.69, 9.17) is 6.42 Å². The Labute approximate surface area is 70.3 Å². The van der Waals surface area contributed by atoms with Crippen LogP contribution < -0.4 is 5.32 Å². The first kappa shape index (κ1) is 11.3. The highest BCUT2D eigenvalue weighted by Crippen LogP contribution is 2.21. The molecule has 0 saturated heterocycles. The molecule has 0 aliphatic rings. The van der Waals surface area contributed by atoms with Gasteiger partial charge in [0.15, 0.2) is 0 Å². The van der Waals surface area contributed by atoms with Crippen LogP contribution in [0.25, 0.3) is 0 Å². The number of terminal acetylenes is 1. The van der Waals surface area contributed by atoms with Gasteiger partial charge >= 0.3 is 6.18 Å². The maximum atomic E-state index is 11.7. The van der Waals surface area contributed by atoms with Crippen molar-refractivity contribution in [2.24, 2.45) is 0 Å². The van der Waals surface area contributed by atoms with E-state index in [1.54, 1.807) is 6.92 Å².